The van der Waals surface area contributed by atoms with Gasteiger partial charge < -0.3 is 14.7 Å². The molecule has 0 aliphatic heterocycles. The maximum atomic E-state index is 11.3. The molecular weight excluding hydrogens is 242 g/mol. The maximum Gasteiger partial charge on any atom is 0.332 e. The number of hydrogen-bond acceptors (Lipinski definition) is 3. The second-order valence-electron chi connectivity index (χ2n) is 4.88. The minimum Gasteiger partial charge on any atom is -0.479 e. The molecule has 0 bridgehead atoms. The molecule has 1 aromatic rings. The van der Waals surface area contributed by atoms with Crippen LogP contribution in [0.5, 0.6) is 0 Å². The Hall–Kier alpha value is -1.39. The molecule has 4 heteroatoms. The van der Waals surface area contributed by atoms with Crippen molar-refractivity contribution in [1.29, 1.82) is 0 Å². The molecule has 0 saturated heterocycles. The molecule has 0 fully saturated rings. The van der Waals surface area contributed by atoms with Crippen LogP contribution in [0.4, 0.5) is 0 Å². The summed E-state index contributed by atoms with van der Waals surface area (Å²) >= 11 is 0. The zero-order valence-corrected chi connectivity index (χ0v) is 11.9. The zero-order chi connectivity index (χ0) is 14.3. The Morgan fingerprint density at radius 2 is 1.95 bits per heavy atom. The third-order valence-electron chi connectivity index (χ3n) is 3.26. The van der Waals surface area contributed by atoms with E-state index in [1.54, 1.807) is 0 Å². The Labute approximate surface area is 115 Å². The van der Waals surface area contributed by atoms with Crippen LogP contribution in [0.15, 0.2) is 30.3 Å². The Kier molecular flexibility index (Phi) is 6.53. The number of carboxylic acids is 1. The van der Waals surface area contributed by atoms with E-state index in [0.717, 1.165) is 12.0 Å². The predicted octanol–water partition coefficient (Wildman–Crippen LogP) is 2.39. The summed E-state index contributed by atoms with van der Waals surface area (Å²) in [7, 11) is 3.93. The minimum atomic E-state index is -0.892. The number of ether oxygens (including phenoxy) is 1. The first-order valence-corrected chi connectivity index (χ1v) is 6.59. The van der Waals surface area contributed by atoms with Crippen LogP contribution in [0.1, 0.15) is 25.3 Å². The minimum absolute atomic E-state index is 0.219. The van der Waals surface area contributed by atoms with Crippen LogP contribution in [-0.4, -0.2) is 42.2 Å². The number of hydrogen-bond donors (Lipinski definition) is 1. The van der Waals surface area contributed by atoms with Gasteiger partial charge in [0, 0.05) is 6.04 Å². The van der Waals surface area contributed by atoms with E-state index in [1.165, 1.54) is 0 Å². The molecule has 0 radical (unpaired) electrons. The van der Waals surface area contributed by atoms with E-state index in [9.17, 15) is 9.90 Å². The van der Waals surface area contributed by atoms with Crippen molar-refractivity contribution in [2.24, 2.45) is 0 Å². The van der Waals surface area contributed by atoms with Gasteiger partial charge in [-0.1, -0.05) is 37.3 Å². The number of carboxylic acid groups (broad SMARTS) is 1. The summed E-state index contributed by atoms with van der Waals surface area (Å²) in [5, 5.41) is 9.23. The molecule has 1 rings (SSSR count). The van der Waals surface area contributed by atoms with Gasteiger partial charge >= 0.3 is 5.97 Å². The van der Waals surface area contributed by atoms with Crippen molar-refractivity contribution in [3.63, 3.8) is 0 Å². The summed E-state index contributed by atoms with van der Waals surface area (Å²) in [6.07, 6.45) is 0.657. The molecule has 0 amide bonds. The van der Waals surface area contributed by atoms with E-state index in [4.69, 9.17) is 4.74 Å². The van der Waals surface area contributed by atoms with Crippen molar-refractivity contribution in [2.45, 2.75) is 38.5 Å². The molecule has 19 heavy (non-hydrogen) atoms. The fraction of sp³-hybridized carbons (Fsp3) is 0.533. The lowest BCUT2D eigenvalue weighted by atomic mass is 10.1. The molecule has 0 saturated carbocycles. The molecule has 0 aromatic heterocycles. The van der Waals surface area contributed by atoms with Crippen LogP contribution in [-0.2, 0) is 16.1 Å². The van der Waals surface area contributed by atoms with Crippen molar-refractivity contribution < 1.29 is 14.6 Å². The van der Waals surface area contributed by atoms with E-state index in [0.29, 0.717) is 13.0 Å². The summed E-state index contributed by atoms with van der Waals surface area (Å²) in [4.78, 5) is 13.3. The lowest BCUT2D eigenvalue weighted by Gasteiger charge is -2.25. The molecule has 2 unspecified atom stereocenters. The highest BCUT2D eigenvalue weighted by Gasteiger charge is 2.23. The summed E-state index contributed by atoms with van der Waals surface area (Å²) in [6, 6.07) is 9.85. The second-order valence-corrected chi connectivity index (χ2v) is 4.88. The number of rotatable bonds is 8. The first-order chi connectivity index (χ1) is 9.04. The molecule has 1 N–H and O–H groups in total. The zero-order valence-electron chi connectivity index (χ0n) is 11.9. The van der Waals surface area contributed by atoms with E-state index in [-0.39, 0.29) is 6.04 Å². The van der Waals surface area contributed by atoms with Crippen molar-refractivity contribution in [3.05, 3.63) is 35.9 Å². The average Bonchev–Trinajstić information content (AvgIpc) is 2.39. The van der Waals surface area contributed by atoms with Crippen molar-refractivity contribution >= 4 is 5.97 Å². The number of carbonyl (C=O) groups is 1. The summed E-state index contributed by atoms with van der Waals surface area (Å²) in [6.45, 7) is 2.39. The normalized spacial score (nSPS) is 14.3. The topological polar surface area (TPSA) is 49.8 Å². The lowest BCUT2D eigenvalue weighted by molar-refractivity contribution is -0.152. The number of aliphatic carboxylic acids is 1. The fourth-order valence-corrected chi connectivity index (χ4v) is 2.00. The van der Waals surface area contributed by atoms with Crippen molar-refractivity contribution in [2.75, 3.05) is 14.1 Å². The Balaban J connectivity index is 2.56. The van der Waals surface area contributed by atoms with Crippen LogP contribution in [0.3, 0.4) is 0 Å². The molecule has 2 atom stereocenters. The van der Waals surface area contributed by atoms with E-state index < -0.39 is 12.1 Å². The molecule has 0 aliphatic carbocycles. The highest BCUT2D eigenvalue weighted by atomic mass is 16.5. The molecule has 1 aromatic carbocycles. The standard InChI is InChI=1S/C15H23NO3/c1-4-13(16(2)3)10-14(15(17)18)19-11-12-8-6-5-7-9-12/h5-9,13-14H,4,10-11H2,1-3H3,(H,17,18). The van der Waals surface area contributed by atoms with Crippen molar-refractivity contribution in [1.82, 2.24) is 4.90 Å². The third-order valence-corrected chi connectivity index (χ3v) is 3.26. The van der Waals surface area contributed by atoms with Crippen molar-refractivity contribution in [3.8, 4) is 0 Å². The average molecular weight is 265 g/mol. The van der Waals surface area contributed by atoms with Gasteiger partial charge in [0.2, 0.25) is 0 Å². The Morgan fingerprint density at radius 1 is 1.32 bits per heavy atom. The van der Waals surface area contributed by atoms with E-state index in [2.05, 4.69) is 6.92 Å². The highest BCUT2D eigenvalue weighted by Crippen LogP contribution is 2.13. The van der Waals surface area contributed by atoms with Gasteiger partial charge in [0.25, 0.3) is 0 Å². The largest absolute Gasteiger partial charge is 0.479 e. The van der Waals surface area contributed by atoms with E-state index in [1.807, 2.05) is 49.3 Å². The Bertz CT molecular complexity index is 378. The van der Waals surface area contributed by atoms with Gasteiger partial charge in [-0.05, 0) is 32.5 Å². The van der Waals surface area contributed by atoms with Crippen LogP contribution in [0.25, 0.3) is 0 Å². The first-order valence-electron chi connectivity index (χ1n) is 6.59. The second kappa shape index (κ2) is 7.92. The SMILES string of the molecule is CCC(CC(OCc1ccccc1)C(=O)O)N(C)C. The maximum absolute atomic E-state index is 11.3. The van der Waals surface area contributed by atoms with Gasteiger partial charge in [-0.15, -0.1) is 0 Å². The smallest absolute Gasteiger partial charge is 0.332 e. The van der Waals surface area contributed by atoms with Gasteiger partial charge in [-0.3, -0.25) is 0 Å². The molecule has 0 heterocycles. The monoisotopic (exact) mass is 265 g/mol. The van der Waals surface area contributed by atoms with Gasteiger partial charge in [-0.2, -0.15) is 0 Å². The molecule has 0 spiro atoms. The Morgan fingerprint density at radius 3 is 2.42 bits per heavy atom. The van der Waals surface area contributed by atoms with Gasteiger partial charge in [-0.25, -0.2) is 4.79 Å². The predicted molar refractivity (Wildman–Crippen MR) is 75.0 cm³/mol. The summed E-state index contributed by atoms with van der Waals surface area (Å²) in [5.41, 5.74) is 0.992. The molecule has 106 valence electrons. The van der Waals surface area contributed by atoms with Gasteiger partial charge in [0.15, 0.2) is 6.10 Å². The third kappa shape index (κ3) is 5.41. The number of benzene rings is 1. The first kappa shape index (κ1) is 15.7. The molecule has 4 nitrogen and oxygen atoms in total. The van der Waals surface area contributed by atoms with Gasteiger partial charge in [0.05, 0.1) is 6.61 Å². The van der Waals surface area contributed by atoms with Crippen LogP contribution in [0, 0.1) is 0 Å². The summed E-state index contributed by atoms with van der Waals surface area (Å²) in [5.74, 6) is -0.892. The van der Waals surface area contributed by atoms with Crippen LogP contribution < -0.4 is 0 Å². The van der Waals surface area contributed by atoms with E-state index >= 15 is 0 Å². The van der Waals surface area contributed by atoms with Crippen LogP contribution in [0.2, 0.25) is 0 Å². The van der Waals surface area contributed by atoms with Gasteiger partial charge in [0.1, 0.15) is 0 Å². The highest BCUT2D eigenvalue weighted by molar-refractivity contribution is 5.72. The fourth-order valence-electron chi connectivity index (χ4n) is 2.00. The van der Waals surface area contributed by atoms with Crippen LogP contribution >= 0.6 is 0 Å². The lowest BCUT2D eigenvalue weighted by Crippen LogP contribution is -2.35. The number of nitrogens with zero attached hydrogens (tertiary/aromatic N) is 1. The summed E-state index contributed by atoms with van der Waals surface area (Å²) < 4.78 is 5.55. The quantitative estimate of drug-likeness (QED) is 0.784. The molecule has 0 aliphatic rings. The molecular formula is C15H23NO3.